The fourth-order valence-corrected chi connectivity index (χ4v) is 2.57. The van der Waals surface area contributed by atoms with Crippen LogP contribution in [0.1, 0.15) is 12.1 Å². The minimum absolute atomic E-state index is 0.0100. The number of nitrogens with zero attached hydrogens (tertiary/aromatic N) is 2. The van der Waals surface area contributed by atoms with E-state index < -0.39 is 0 Å². The van der Waals surface area contributed by atoms with E-state index in [1.54, 1.807) is 11.1 Å². The Kier molecular flexibility index (Phi) is 4.14. The van der Waals surface area contributed by atoms with E-state index in [1.807, 2.05) is 48.5 Å². The third kappa shape index (κ3) is 3.14. The molecule has 1 aromatic carbocycles. The number of carbonyl (C=O) groups excluding carboxylic acids is 2. The van der Waals surface area contributed by atoms with Gasteiger partial charge in [-0.3, -0.25) is 14.6 Å². The third-order valence-corrected chi connectivity index (χ3v) is 3.73. The molecule has 0 aliphatic carbocycles. The highest BCUT2D eigenvalue weighted by Crippen LogP contribution is 2.24. The first-order valence-corrected chi connectivity index (χ1v) is 7.27. The average molecular weight is 295 g/mol. The molecule has 2 aromatic rings. The predicted molar refractivity (Wildman–Crippen MR) is 83.0 cm³/mol. The Bertz CT molecular complexity index is 658. The van der Waals surface area contributed by atoms with Crippen LogP contribution in [0, 0.1) is 5.92 Å². The molecule has 1 aliphatic heterocycles. The maximum absolute atomic E-state index is 12.2. The van der Waals surface area contributed by atoms with Crippen molar-refractivity contribution in [3.05, 3.63) is 60.4 Å². The summed E-state index contributed by atoms with van der Waals surface area (Å²) in [7, 11) is 0. The Hall–Kier alpha value is -2.69. The van der Waals surface area contributed by atoms with Crippen molar-refractivity contribution in [3.63, 3.8) is 0 Å². The first-order valence-electron chi connectivity index (χ1n) is 7.27. The molecule has 1 aliphatic rings. The molecule has 0 saturated carbocycles. The summed E-state index contributed by atoms with van der Waals surface area (Å²) in [6.45, 7) is 0.812. The Morgan fingerprint density at radius 1 is 1.18 bits per heavy atom. The van der Waals surface area contributed by atoms with Crippen molar-refractivity contribution in [1.29, 1.82) is 0 Å². The van der Waals surface area contributed by atoms with E-state index in [4.69, 9.17) is 0 Å². The molecule has 22 heavy (non-hydrogen) atoms. The molecule has 0 spiro atoms. The molecule has 1 fully saturated rings. The molecule has 1 N–H and O–H groups in total. The number of amides is 2. The van der Waals surface area contributed by atoms with Gasteiger partial charge < -0.3 is 10.2 Å². The number of carbonyl (C=O) groups is 2. The Labute approximate surface area is 129 Å². The van der Waals surface area contributed by atoms with Gasteiger partial charge in [0.2, 0.25) is 11.8 Å². The number of pyridine rings is 1. The molecule has 0 bridgehead atoms. The lowest BCUT2D eigenvalue weighted by Crippen LogP contribution is -2.32. The highest BCUT2D eigenvalue weighted by atomic mass is 16.2. The number of para-hydroxylation sites is 1. The largest absolute Gasteiger partial charge is 0.350 e. The van der Waals surface area contributed by atoms with Gasteiger partial charge in [0.05, 0.1) is 18.2 Å². The van der Waals surface area contributed by atoms with E-state index in [2.05, 4.69) is 10.3 Å². The van der Waals surface area contributed by atoms with Gasteiger partial charge in [0.15, 0.2) is 0 Å². The van der Waals surface area contributed by atoms with Gasteiger partial charge in [-0.15, -0.1) is 0 Å². The van der Waals surface area contributed by atoms with Gasteiger partial charge in [0.1, 0.15) is 0 Å². The Balaban J connectivity index is 1.59. The van der Waals surface area contributed by atoms with Gasteiger partial charge in [-0.2, -0.15) is 0 Å². The fraction of sp³-hybridized carbons (Fsp3) is 0.235. The van der Waals surface area contributed by atoms with Gasteiger partial charge in [-0.05, 0) is 24.3 Å². The molecule has 1 atom stereocenters. The molecule has 112 valence electrons. The highest BCUT2D eigenvalue weighted by Gasteiger charge is 2.34. The second-order valence-corrected chi connectivity index (χ2v) is 5.28. The lowest BCUT2D eigenvalue weighted by Gasteiger charge is -2.16. The SMILES string of the molecule is O=C(NCc1ccccn1)C1CC(=O)N(c2ccccc2)C1. The quantitative estimate of drug-likeness (QED) is 0.934. The number of anilines is 1. The number of nitrogens with one attached hydrogen (secondary N) is 1. The van der Waals surface area contributed by atoms with Gasteiger partial charge >= 0.3 is 0 Å². The normalized spacial score (nSPS) is 17.5. The summed E-state index contributed by atoms with van der Waals surface area (Å²) in [4.78, 5) is 30.2. The Morgan fingerprint density at radius 2 is 1.95 bits per heavy atom. The van der Waals surface area contributed by atoms with Gasteiger partial charge in [0.25, 0.3) is 0 Å². The maximum atomic E-state index is 12.2. The van der Waals surface area contributed by atoms with Crippen molar-refractivity contribution >= 4 is 17.5 Å². The minimum atomic E-state index is -0.309. The van der Waals surface area contributed by atoms with E-state index in [0.717, 1.165) is 11.4 Å². The first-order chi connectivity index (χ1) is 10.7. The van der Waals surface area contributed by atoms with E-state index in [0.29, 0.717) is 13.1 Å². The van der Waals surface area contributed by atoms with Gasteiger partial charge in [-0.1, -0.05) is 24.3 Å². The van der Waals surface area contributed by atoms with Crippen LogP contribution in [0.4, 0.5) is 5.69 Å². The standard InChI is InChI=1S/C17H17N3O2/c21-16-10-13(12-20(16)15-7-2-1-3-8-15)17(22)19-11-14-6-4-5-9-18-14/h1-9,13H,10-12H2,(H,19,22). The summed E-state index contributed by atoms with van der Waals surface area (Å²) in [6.07, 6.45) is 1.95. The molecule has 2 heterocycles. The van der Waals surface area contributed by atoms with Crippen LogP contribution in [0.15, 0.2) is 54.7 Å². The summed E-state index contributed by atoms with van der Waals surface area (Å²) in [6, 6.07) is 15.0. The molecular weight excluding hydrogens is 278 g/mol. The van der Waals surface area contributed by atoms with E-state index in [9.17, 15) is 9.59 Å². The van der Waals surface area contributed by atoms with Crippen LogP contribution < -0.4 is 10.2 Å². The molecule has 2 amide bonds. The minimum Gasteiger partial charge on any atom is -0.350 e. The Morgan fingerprint density at radius 3 is 2.68 bits per heavy atom. The van der Waals surface area contributed by atoms with Crippen molar-refractivity contribution < 1.29 is 9.59 Å². The van der Waals surface area contributed by atoms with E-state index in [-0.39, 0.29) is 24.2 Å². The zero-order chi connectivity index (χ0) is 15.4. The molecule has 1 aromatic heterocycles. The van der Waals surface area contributed by atoms with Gasteiger partial charge in [0, 0.05) is 24.8 Å². The zero-order valence-corrected chi connectivity index (χ0v) is 12.1. The molecule has 1 saturated heterocycles. The number of rotatable bonds is 4. The van der Waals surface area contributed by atoms with Crippen LogP contribution in [0.5, 0.6) is 0 Å². The van der Waals surface area contributed by atoms with Crippen molar-refractivity contribution in [1.82, 2.24) is 10.3 Å². The molecule has 5 heteroatoms. The highest BCUT2D eigenvalue weighted by molar-refractivity contribution is 6.00. The second-order valence-electron chi connectivity index (χ2n) is 5.28. The van der Waals surface area contributed by atoms with Crippen LogP contribution in [-0.4, -0.2) is 23.3 Å². The molecular formula is C17H17N3O2. The molecule has 0 radical (unpaired) electrons. The third-order valence-electron chi connectivity index (χ3n) is 3.73. The lowest BCUT2D eigenvalue weighted by molar-refractivity contribution is -0.126. The van der Waals surface area contributed by atoms with Crippen LogP contribution in [0.2, 0.25) is 0 Å². The van der Waals surface area contributed by atoms with Crippen LogP contribution in [0.25, 0.3) is 0 Å². The van der Waals surface area contributed by atoms with Crippen LogP contribution >= 0.6 is 0 Å². The average Bonchev–Trinajstić information content (AvgIpc) is 2.96. The van der Waals surface area contributed by atoms with Crippen molar-refractivity contribution in [2.45, 2.75) is 13.0 Å². The monoisotopic (exact) mass is 295 g/mol. The number of hydrogen-bond acceptors (Lipinski definition) is 3. The van der Waals surface area contributed by atoms with Crippen LogP contribution in [-0.2, 0) is 16.1 Å². The van der Waals surface area contributed by atoms with Gasteiger partial charge in [-0.25, -0.2) is 0 Å². The number of hydrogen-bond donors (Lipinski definition) is 1. The van der Waals surface area contributed by atoms with E-state index >= 15 is 0 Å². The smallest absolute Gasteiger partial charge is 0.227 e. The fourth-order valence-electron chi connectivity index (χ4n) is 2.57. The number of benzene rings is 1. The second kappa shape index (κ2) is 6.39. The summed E-state index contributed by atoms with van der Waals surface area (Å²) < 4.78 is 0. The predicted octanol–water partition coefficient (Wildman–Crippen LogP) is 1.75. The molecule has 5 nitrogen and oxygen atoms in total. The summed E-state index contributed by atoms with van der Waals surface area (Å²) in [5.41, 5.74) is 1.65. The topological polar surface area (TPSA) is 62.3 Å². The van der Waals surface area contributed by atoms with E-state index in [1.165, 1.54) is 0 Å². The van der Waals surface area contributed by atoms with Crippen LogP contribution in [0.3, 0.4) is 0 Å². The van der Waals surface area contributed by atoms with Crippen molar-refractivity contribution in [2.24, 2.45) is 5.92 Å². The molecule has 1 unspecified atom stereocenters. The van der Waals surface area contributed by atoms with Crippen molar-refractivity contribution in [3.8, 4) is 0 Å². The first kappa shape index (κ1) is 14.3. The molecule has 3 rings (SSSR count). The maximum Gasteiger partial charge on any atom is 0.227 e. The summed E-state index contributed by atoms with van der Waals surface area (Å²) >= 11 is 0. The summed E-state index contributed by atoms with van der Waals surface area (Å²) in [5.74, 6) is -0.418. The van der Waals surface area contributed by atoms with Crippen molar-refractivity contribution in [2.75, 3.05) is 11.4 Å². The lowest BCUT2D eigenvalue weighted by atomic mass is 10.1. The summed E-state index contributed by atoms with van der Waals surface area (Å²) in [5, 5.41) is 2.85. The number of aromatic nitrogens is 1. The zero-order valence-electron chi connectivity index (χ0n) is 12.1.